The number of allylic oxidation sites excluding steroid dienone is 8. The number of rotatable bonds is 5. The second-order valence-electron chi connectivity index (χ2n) is 4.59. The fourth-order valence-electron chi connectivity index (χ4n) is 1.93. The van der Waals surface area contributed by atoms with Crippen molar-refractivity contribution in [2.24, 2.45) is 0 Å². The zero-order valence-electron chi connectivity index (χ0n) is 12.7. The van der Waals surface area contributed by atoms with Gasteiger partial charge >= 0.3 is 0 Å². The molecule has 0 aliphatic rings. The van der Waals surface area contributed by atoms with E-state index in [4.69, 9.17) is 0 Å². The maximum absolute atomic E-state index is 10.1. The van der Waals surface area contributed by atoms with Crippen molar-refractivity contribution in [2.75, 3.05) is 0 Å². The number of hydrogen-bond donors (Lipinski definition) is 1. The molecule has 0 aliphatic carbocycles. The van der Waals surface area contributed by atoms with E-state index < -0.39 is 0 Å². The van der Waals surface area contributed by atoms with Crippen molar-refractivity contribution >= 4 is 5.57 Å². The van der Waals surface area contributed by atoms with Crippen molar-refractivity contribution in [3.8, 4) is 0 Å². The Labute approximate surface area is 121 Å². The van der Waals surface area contributed by atoms with E-state index in [1.54, 1.807) is 13.1 Å². The molecule has 0 saturated heterocycles. The molecular formula is C18H23NO. The third-order valence-electron chi connectivity index (χ3n) is 2.90. The summed E-state index contributed by atoms with van der Waals surface area (Å²) in [6, 6.07) is 3.91. The Morgan fingerprint density at radius 3 is 2.70 bits per heavy atom. The number of aryl methyl sites for hydroxylation is 1. The molecule has 0 amide bonds. The highest BCUT2D eigenvalue weighted by Gasteiger charge is 2.12. The van der Waals surface area contributed by atoms with Crippen molar-refractivity contribution in [3.63, 3.8) is 0 Å². The van der Waals surface area contributed by atoms with Crippen molar-refractivity contribution < 1.29 is 5.11 Å². The molecule has 0 aliphatic heterocycles. The molecule has 0 spiro atoms. The fraction of sp³-hybridized carbons (Fsp3) is 0.278. The zero-order chi connectivity index (χ0) is 15.0. The minimum Gasteiger partial charge on any atom is -0.512 e. The van der Waals surface area contributed by atoms with E-state index in [0.717, 1.165) is 28.8 Å². The molecule has 0 bridgehead atoms. The van der Waals surface area contributed by atoms with E-state index >= 15 is 0 Å². The van der Waals surface area contributed by atoms with Gasteiger partial charge in [0.2, 0.25) is 0 Å². The molecule has 20 heavy (non-hydrogen) atoms. The summed E-state index contributed by atoms with van der Waals surface area (Å²) in [6.45, 7) is 7.76. The molecule has 0 fully saturated rings. The summed E-state index contributed by atoms with van der Waals surface area (Å²) in [5.74, 6) is 0.281. The maximum atomic E-state index is 10.1. The Morgan fingerprint density at radius 2 is 2.15 bits per heavy atom. The van der Waals surface area contributed by atoms with E-state index in [0.29, 0.717) is 0 Å². The molecule has 106 valence electrons. The van der Waals surface area contributed by atoms with Gasteiger partial charge in [-0.2, -0.15) is 0 Å². The number of aliphatic hydroxyl groups is 1. The van der Waals surface area contributed by atoms with Gasteiger partial charge < -0.3 is 5.11 Å². The van der Waals surface area contributed by atoms with E-state index in [1.165, 1.54) is 0 Å². The molecule has 1 aromatic heterocycles. The average molecular weight is 269 g/mol. The van der Waals surface area contributed by atoms with Gasteiger partial charge in [-0.1, -0.05) is 43.4 Å². The van der Waals surface area contributed by atoms with E-state index in [1.807, 2.05) is 50.3 Å². The third kappa shape index (κ3) is 4.23. The molecular weight excluding hydrogens is 246 g/mol. The topological polar surface area (TPSA) is 33.1 Å². The van der Waals surface area contributed by atoms with Crippen LogP contribution in [0.2, 0.25) is 0 Å². The van der Waals surface area contributed by atoms with Crippen LogP contribution in [0.5, 0.6) is 0 Å². The highest BCUT2D eigenvalue weighted by Crippen LogP contribution is 2.27. The van der Waals surface area contributed by atoms with Gasteiger partial charge in [0.1, 0.15) is 0 Å². The summed E-state index contributed by atoms with van der Waals surface area (Å²) in [5.41, 5.74) is 3.62. The second-order valence-corrected chi connectivity index (χ2v) is 4.59. The number of hydrogen-bond acceptors (Lipinski definition) is 2. The minimum atomic E-state index is 0.281. The Bertz CT molecular complexity index is 559. The molecule has 1 heterocycles. The van der Waals surface area contributed by atoms with Crippen LogP contribution in [0.1, 0.15) is 38.4 Å². The Morgan fingerprint density at radius 1 is 1.40 bits per heavy atom. The van der Waals surface area contributed by atoms with E-state index in [2.05, 4.69) is 18.0 Å². The quantitative estimate of drug-likeness (QED) is 0.592. The van der Waals surface area contributed by atoms with Crippen LogP contribution in [0.25, 0.3) is 5.57 Å². The lowest BCUT2D eigenvalue weighted by Gasteiger charge is -2.12. The number of nitrogens with zero attached hydrogens (tertiary/aromatic N) is 1. The first-order valence-electron chi connectivity index (χ1n) is 6.93. The molecule has 0 aromatic carbocycles. The molecule has 1 N–H and O–H groups in total. The summed E-state index contributed by atoms with van der Waals surface area (Å²) in [4.78, 5) is 4.42. The van der Waals surface area contributed by atoms with Gasteiger partial charge in [-0.3, -0.25) is 4.98 Å². The SMILES string of the molecule is C\C=C/C=C(/C=C\CC)C(=C(/C)O)\c1ncccc1C. The highest BCUT2D eigenvalue weighted by atomic mass is 16.3. The monoisotopic (exact) mass is 269 g/mol. The molecule has 0 saturated carbocycles. The van der Waals surface area contributed by atoms with Gasteiger partial charge in [0.15, 0.2) is 0 Å². The largest absolute Gasteiger partial charge is 0.512 e. The van der Waals surface area contributed by atoms with Crippen molar-refractivity contribution in [3.05, 3.63) is 71.3 Å². The third-order valence-corrected chi connectivity index (χ3v) is 2.90. The van der Waals surface area contributed by atoms with E-state index in [9.17, 15) is 5.11 Å². The van der Waals surface area contributed by atoms with Crippen LogP contribution in [-0.2, 0) is 0 Å². The summed E-state index contributed by atoms with van der Waals surface area (Å²) in [5, 5.41) is 10.1. The molecule has 0 radical (unpaired) electrons. The van der Waals surface area contributed by atoms with E-state index in [-0.39, 0.29) is 5.76 Å². The van der Waals surface area contributed by atoms with Crippen LogP contribution in [0.3, 0.4) is 0 Å². The Hall–Kier alpha value is -2.09. The maximum Gasteiger partial charge on any atom is 0.0991 e. The van der Waals surface area contributed by atoms with Crippen LogP contribution in [-0.4, -0.2) is 10.1 Å². The highest BCUT2D eigenvalue weighted by molar-refractivity contribution is 5.82. The van der Waals surface area contributed by atoms with Crippen LogP contribution in [0, 0.1) is 6.92 Å². The molecule has 0 atom stereocenters. The van der Waals surface area contributed by atoms with Gasteiger partial charge in [0.05, 0.1) is 11.5 Å². The van der Waals surface area contributed by atoms with Gasteiger partial charge in [-0.15, -0.1) is 0 Å². The van der Waals surface area contributed by atoms with Gasteiger partial charge in [-0.25, -0.2) is 0 Å². The smallest absolute Gasteiger partial charge is 0.0991 e. The summed E-state index contributed by atoms with van der Waals surface area (Å²) in [7, 11) is 0. The zero-order valence-corrected chi connectivity index (χ0v) is 12.7. The van der Waals surface area contributed by atoms with Crippen LogP contribution < -0.4 is 0 Å². The predicted octanol–water partition coefficient (Wildman–Crippen LogP) is 5.15. The average Bonchev–Trinajstić information content (AvgIpc) is 2.43. The fourth-order valence-corrected chi connectivity index (χ4v) is 1.93. The van der Waals surface area contributed by atoms with Gasteiger partial charge in [0, 0.05) is 11.8 Å². The standard InChI is InChI=1S/C18H23NO/c1-5-7-11-16(12-8-6-2)17(15(4)20)18-14(3)10-9-13-19-18/h5,7-13,20H,6H2,1-4H3/b7-5-,12-8-,16-11-,17-15-. The van der Waals surface area contributed by atoms with Crippen LogP contribution in [0.4, 0.5) is 0 Å². The summed E-state index contributed by atoms with van der Waals surface area (Å²) in [6.07, 6.45) is 12.7. The lowest BCUT2D eigenvalue weighted by molar-refractivity contribution is 0.417. The minimum absolute atomic E-state index is 0.281. The first-order valence-corrected chi connectivity index (χ1v) is 6.93. The van der Waals surface area contributed by atoms with Crippen LogP contribution in [0.15, 0.2) is 60.0 Å². The number of aromatic nitrogens is 1. The molecule has 1 rings (SSSR count). The first-order chi connectivity index (χ1) is 9.61. The summed E-state index contributed by atoms with van der Waals surface area (Å²) >= 11 is 0. The number of aliphatic hydroxyl groups excluding tert-OH is 1. The number of pyridine rings is 1. The Balaban J connectivity index is 3.42. The normalized spacial score (nSPS) is 14.1. The van der Waals surface area contributed by atoms with Crippen molar-refractivity contribution in [2.45, 2.75) is 34.1 Å². The van der Waals surface area contributed by atoms with Gasteiger partial charge in [-0.05, 0) is 44.4 Å². The molecule has 2 nitrogen and oxygen atoms in total. The lowest BCUT2D eigenvalue weighted by Crippen LogP contribution is -1.98. The first kappa shape index (κ1) is 16.0. The summed E-state index contributed by atoms with van der Waals surface area (Å²) < 4.78 is 0. The Kier molecular flexibility index (Phi) is 6.51. The van der Waals surface area contributed by atoms with Crippen LogP contribution >= 0.6 is 0 Å². The molecule has 2 heteroatoms. The molecule has 0 unspecified atom stereocenters. The second kappa shape index (κ2) is 8.16. The lowest BCUT2D eigenvalue weighted by atomic mass is 9.97. The van der Waals surface area contributed by atoms with Crippen molar-refractivity contribution in [1.82, 2.24) is 4.98 Å². The predicted molar refractivity (Wildman–Crippen MR) is 86.5 cm³/mol. The molecule has 1 aromatic rings. The van der Waals surface area contributed by atoms with Gasteiger partial charge in [0.25, 0.3) is 0 Å². The van der Waals surface area contributed by atoms with Crippen molar-refractivity contribution in [1.29, 1.82) is 0 Å².